The van der Waals surface area contributed by atoms with Gasteiger partial charge in [0.25, 0.3) is 0 Å². The molecule has 1 N–H and O–H groups in total. The fraction of sp³-hybridized carbons (Fsp3) is 0. The molecule has 1 heterocycles. The summed E-state index contributed by atoms with van der Waals surface area (Å²) in [6.07, 6.45) is 0. The summed E-state index contributed by atoms with van der Waals surface area (Å²) < 4.78 is 18.1. The number of nitrogens with zero attached hydrogens (tertiary/aromatic N) is 1. The van der Waals surface area contributed by atoms with E-state index in [1.807, 2.05) is 0 Å². The monoisotopic (exact) mass is 285 g/mol. The van der Waals surface area contributed by atoms with E-state index >= 15 is 0 Å². The molecule has 0 aliphatic rings. The second kappa shape index (κ2) is 4.05. The van der Waals surface area contributed by atoms with E-state index in [-0.39, 0.29) is 11.5 Å². The molecule has 4 nitrogen and oxygen atoms in total. The van der Waals surface area contributed by atoms with E-state index in [0.717, 1.165) is 0 Å². The Morgan fingerprint density at radius 1 is 1.44 bits per heavy atom. The number of carbonyl (C=O) groups is 1. The summed E-state index contributed by atoms with van der Waals surface area (Å²) >= 11 is 3.02. The summed E-state index contributed by atoms with van der Waals surface area (Å²) in [5, 5.41) is 12.2. The molecule has 0 bridgehead atoms. The lowest BCUT2D eigenvalue weighted by Gasteiger charge is -1.97. The molecule has 0 saturated carbocycles. The van der Waals surface area contributed by atoms with Crippen LogP contribution in [0.15, 0.2) is 33.3 Å². The van der Waals surface area contributed by atoms with Crippen molar-refractivity contribution in [1.82, 2.24) is 5.16 Å². The van der Waals surface area contributed by atoms with Gasteiger partial charge < -0.3 is 9.63 Å². The highest BCUT2D eigenvalue weighted by Gasteiger charge is 2.13. The van der Waals surface area contributed by atoms with Gasteiger partial charge >= 0.3 is 5.97 Å². The maximum atomic E-state index is 13.2. The molecule has 0 unspecified atom stereocenters. The van der Waals surface area contributed by atoms with Crippen LogP contribution in [-0.2, 0) is 0 Å². The summed E-state index contributed by atoms with van der Waals surface area (Å²) in [7, 11) is 0. The number of rotatable bonds is 2. The summed E-state index contributed by atoms with van der Waals surface area (Å²) in [4.78, 5) is 10.6. The fourth-order valence-corrected chi connectivity index (χ4v) is 1.41. The Bertz CT molecular complexity index is 553. The lowest BCUT2D eigenvalue weighted by Crippen LogP contribution is -1.91. The molecule has 0 amide bonds. The number of aromatic nitrogens is 1. The van der Waals surface area contributed by atoms with E-state index in [0.29, 0.717) is 10.0 Å². The minimum Gasteiger partial charge on any atom is -0.475 e. The van der Waals surface area contributed by atoms with E-state index in [9.17, 15) is 9.18 Å². The van der Waals surface area contributed by atoms with Gasteiger partial charge in [-0.05, 0) is 28.1 Å². The Morgan fingerprint density at radius 2 is 2.19 bits per heavy atom. The van der Waals surface area contributed by atoms with Crippen LogP contribution in [0.25, 0.3) is 11.3 Å². The van der Waals surface area contributed by atoms with Gasteiger partial charge in [-0.25, -0.2) is 9.18 Å². The molecule has 0 spiro atoms. The Labute approximate surface area is 97.8 Å². The maximum Gasteiger partial charge on any atom is 0.374 e. The first kappa shape index (κ1) is 10.8. The number of hydrogen-bond acceptors (Lipinski definition) is 3. The highest BCUT2D eigenvalue weighted by molar-refractivity contribution is 9.10. The summed E-state index contributed by atoms with van der Waals surface area (Å²) in [6, 6.07) is 5.61. The van der Waals surface area contributed by atoms with Crippen LogP contribution in [0.4, 0.5) is 4.39 Å². The standard InChI is InChI=1S/C10H5BrFNO3/c11-6-2-1-5(3-7(6)12)8-4-9(10(14)15)16-13-8/h1-4H,(H,14,15). The van der Waals surface area contributed by atoms with E-state index in [1.165, 1.54) is 18.2 Å². The predicted octanol–water partition coefficient (Wildman–Crippen LogP) is 2.94. The van der Waals surface area contributed by atoms with Crippen molar-refractivity contribution in [1.29, 1.82) is 0 Å². The van der Waals surface area contributed by atoms with Crippen LogP contribution in [0.1, 0.15) is 10.6 Å². The second-order valence-corrected chi connectivity index (χ2v) is 3.86. The molecule has 1 aromatic carbocycles. The number of hydrogen-bond donors (Lipinski definition) is 1. The SMILES string of the molecule is O=C(O)c1cc(-c2ccc(Br)c(F)c2)no1. The van der Waals surface area contributed by atoms with Gasteiger partial charge in [-0.3, -0.25) is 0 Å². The smallest absolute Gasteiger partial charge is 0.374 e. The van der Waals surface area contributed by atoms with Gasteiger partial charge in [0.2, 0.25) is 5.76 Å². The third-order valence-corrected chi connectivity index (χ3v) is 2.58. The fourth-order valence-electron chi connectivity index (χ4n) is 1.17. The van der Waals surface area contributed by atoms with E-state index in [2.05, 4.69) is 25.6 Å². The highest BCUT2D eigenvalue weighted by Crippen LogP contribution is 2.24. The molecule has 6 heteroatoms. The molecular formula is C10H5BrFNO3. The molecule has 0 saturated heterocycles. The van der Waals surface area contributed by atoms with Crippen LogP contribution in [-0.4, -0.2) is 16.2 Å². The third-order valence-electron chi connectivity index (χ3n) is 1.94. The third kappa shape index (κ3) is 1.96. The molecule has 0 atom stereocenters. The lowest BCUT2D eigenvalue weighted by molar-refractivity contribution is 0.0652. The van der Waals surface area contributed by atoms with Crippen molar-refractivity contribution >= 4 is 21.9 Å². The zero-order chi connectivity index (χ0) is 11.7. The van der Waals surface area contributed by atoms with Crippen molar-refractivity contribution in [2.45, 2.75) is 0 Å². The Kier molecular flexibility index (Phi) is 2.74. The van der Waals surface area contributed by atoms with Crippen LogP contribution in [0, 0.1) is 5.82 Å². The molecule has 82 valence electrons. The molecule has 0 aliphatic carbocycles. The zero-order valence-corrected chi connectivity index (χ0v) is 9.36. The van der Waals surface area contributed by atoms with Gasteiger partial charge in [0.15, 0.2) is 0 Å². The van der Waals surface area contributed by atoms with Gasteiger partial charge in [0.1, 0.15) is 11.5 Å². The first-order valence-corrected chi connectivity index (χ1v) is 5.02. The van der Waals surface area contributed by atoms with E-state index < -0.39 is 11.8 Å². The van der Waals surface area contributed by atoms with Crippen molar-refractivity contribution < 1.29 is 18.8 Å². The highest BCUT2D eigenvalue weighted by atomic mass is 79.9. The van der Waals surface area contributed by atoms with Crippen molar-refractivity contribution in [3.8, 4) is 11.3 Å². The van der Waals surface area contributed by atoms with Gasteiger partial charge in [-0.1, -0.05) is 11.2 Å². The Hall–Kier alpha value is -1.69. The van der Waals surface area contributed by atoms with Crippen LogP contribution < -0.4 is 0 Å². The molecule has 0 aliphatic heterocycles. The molecule has 0 fully saturated rings. The number of carboxylic acids is 1. The van der Waals surface area contributed by atoms with Gasteiger partial charge in [-0.15, -0.1) is 0 Å². The topological polar surface area (TPSA) is 63.3 Å². The predicted molar refractivity (Wildman–Crippen MR) is 56.6 cm³/mol. The van der Waals surface area contributed by atoms with Crippen LogP contribution in [0.2, 0.25) is 0 Å². The van der Waals surface area contributed by atoms with E-state index in [4.69, 9.17) is 5.11 Å². The second-order valence-electron chi connectivity index (χ2n) is 3.01. The normalized spacial score (nSPS) is 10.4. The minimum absolute atomic E-state index is 0.279. The number of carboxylic acid groups (broad SMARTS) is 1. The minimum atomic E-state index is -1.21. The van der Waals surface area contributed by atoms with Crippen molar-refractivity contribution in [3.63, 3.8) is 0 Å². The number of benzene rings is 1. The number of halogens is 2. The van der Waals surface area contributed by atoms with E-state index in [1.54, 1.807) is 6.07 Å². The average molecular weight is 286 g/mol. The largest absolute Gasteiger partial charge is 0.475 e. The summed E-state index contributed by atoms with van der Waals surface area (Å²) in [5.74, 6) is -1.94. The summed E-state index contributed by atoms with van der Waals surface area (Å²) in [6.45, 7) is 0. The molecular weight excluding hydrogens is 281 g/mol. The Balaban J connectivity index is 2.42. The molecule has 1 aromatic heterocycles. The average Bonchev–Trinajstić information content (AvgIpc) is 2.71. The first-order valence-electron chi connectivity index (χ1n) is 4.23. The molecule has 2 aromatic rings. The first-order chi connectivity index (χ1) is 7.58. The molecule has 0 radical (unpaired) electrons. The van der Waals surface area contributed by atoms with Gasteiger partial charge in [0.05, 0.1) is 4.47 Å². The van der Waals surface area contributed by atoms with Crippen LogP contribution in [0.3, 0.4) is 0 Å². The van der Waals surface area contributed by atoms with Gasteiger partial charge in [-0.2, -0.15) is 0 Å². The zero-order valence-electron chi connectivity index (χ0n) is 7.78. The summed E-state index contributed by atoms with van der Waals surface area (Å²) in [5.41, 5.74) is 0.737. The van der Waals surface area contributed by atoms with Gasteiger partial charge in [0, 0.05) is 11.6 Å². The molecule has 16 heavy (non-hydrogen) atoms. The molecule has 2 rings (SSSR count). The van der Waals surface area contributed by atoms with Crippen molar-refractivity contribution in [3.05, 3.63) is 40.3 Å². The quantitative estimate of drug-likeness (QED) is 0.921. The van der Waals surface area contributed by atoms with Crippen LogP contribution in [0.5, 0.6) is 0 Å². The Morgan fingerprint density at radius 3 is 2.75 bits per heavy atom. The van der Waals surface area contributed by atoms with Crippen molar-refractivity contribution in [2.75, 3.05) is 0 Å². The van der Waals surface area contributed by atoms with Crippen LogP contribution >= 0.6 is 15.9 Å². The lowest BCUT2D eigenvalue weighted by atomic mass is 10.1. The number of aromatic carboxylic acids is 1. The van der Waals surface area contributed by atoms with Crippen molar-refractivity contribution in [2.24, 2.45) is 0 Å². The maximum absolute atomic E-state index is 13.2.